The number of rotatable bonds is 7. The van der Waals surface area contributed by atoms with Gasteiger partial charge in [0.15, 0.2) is 0 Å². The van der Waals surface area contributed by atoms with Gasteiger partial charge in [-0.15, -0.1) is 0 Å². The Morgan fingerprint density at radius 1 is 1.10 bits per heavy atom. The van der Waals surface area contributed by atoms with E-state index in [1.54, 1.807) is 12.1 Å². The Hall–Kier alpha value is -1.74. The highest BCUT2D eigenvalue weighted by Crippen LogP contribution is 2.10. The van der Waals surface area contributed by atoms with Crippen molar-refractivity contribution in [2.75, 3.05) is 6.54 Å². The number of benzene rings is 1. The van der Waals surface area contributed by atoms with Crippen LogP contribution < -0.4 is 5.32 Å². The average Bonchev–Trinajstić information content (AvgIpc) is 2.48. The largest absolute Gasteiger partial charge is 0.314 e. The lowest BCUT2D eigenvalue weighted by molar-refractivity contribution is 0.514. The van der Waals surface area contributed by atoms with Gasteiger partial charge in [-0.05, 0) is 48.7 Å². The molecule has 2 aromatic rings. The molecule has 1 N–H and O–H groups in total. The van der Waals surface area contributed by atoms with Crippen LogP contribution >= 0.6 is 0 Å². The molecule has 0 aliphatic heterocycles. The van der Waals surface area contributed by atoms with Crippen LogP contribution in [0.1, 0.15) is 30.7 Å². The number of hydrogen-bond donors (Lipinski definition) is 1. The molecular weight excluding hydrogens is 263 g/mol. The van der Waals surface area contributed by atoms with Crippen LogP contribution in [0.5, 0.6) is 0 Å². The summed E-state index contributed by atoms with van der Waals surface area (Å²) < 4.78 is 13.3. The average molecular weight is 286 g/mol. The molecule has 1 unspecified atom stereocenters. The Balaban J connectivity index is 2.04. The van der Waals surface area contributed by atoms with E-state index in [1.807, 2.05) is 12.3 Å². The number of aryl methyl sites for hydroxylation is 1. The number of nitrogens with one attached hydrogen (secondary N) is 1. The molecule has 0 saturated heterocycles. The van der Waals surface area contributed by atoms with Crippen LogP contribution in [0.25, 0.3) is 0 Å². The van der Waals surface area contributed by atoms with Crippen molar-refractivity contribution in [1.82, 2.24) is 10.3 Å². The van der Waals surface area contributed by atoms with Crippen molar-refractivity contribution in [2.24, 2.45) is 0 Å². The highest BCUT2D eigenvalue weighted by molar-refractivity contribution is 5.19. The Morgan fingerprint density at radius 2 is 1.95 bits per heavy atom. The second-order valence-corrected chi connectivity index (χ2v) is 5.30. The summed E-state index contributed by atoms with van der Waals surface area (Å²) >= 11 is 0. The van der Waals surface area contributed by atoms with Gasteiger partial charge >= 0.3 is 0 Å². The summed E-state index contributed by atoms with van der Waals surface area (Å²) in [7, 11) is 0. The fraction of sp³-hybridized carbons (Fsp3) is 0.389. The standard InChI is InChI=1S/C18H23FN2/c1-3-14-8-9-17(21-13-14)12-18(20-4-2)11-15-6-5-7-16(19)10-15/h5-10,13,18,20H,3-4,11-12H2,1-2H3. The molecule has 21 heavy (non-hydrogen) atoms. The predicted octanol–water partition coefficient (Wildman–Crippen LogP) is 3.55. The van der Waals surface area contributed by atoms with Crippen molar-refractivity contribution in [3.8, 4) is 0 Å². The first-order valence-electron chi connectivity index (χ1n) is 7.63. The number of aromatic nitrogens is 1. The monoisotopic (exact) mass is 286 g/mol. The third kappa shape index (κ3) is 4.94. The Bertz CT molecular complexity index is 551. The van der Waals surface area contributed by atoms with Crippen molar-refractivity contribution >= 4 is 0 Å². The minimum Gasteiger partial charge on any atom is -0.314 e. The zero-order valence-electron chi connectivity index (χ0n) is 12.8. The van der Waals surface area contributed by atoms with Crippen LogP contribution in [-0.4, -0.2) is 17.6 Å². The van der Waals surface area contributed by atoms with Crippen LogP contribution in [0.15, 0.2) is 42.6 Å². The van der Waals surface area contributed by atoms with Crippen LogP contribution in [0.4, 0.5) is 4.39 Å². The molecule has 1 aromatic carbocycles. The van der Waals surface area contributed by atoms with E-state index >= 15 is 0 Å². The molecule has 0 bridgehead atoms. The molecule has 0 saturated carbocycles. The van der Waals surface area contributed by atoms with Crippen LogP contribution in [0.2, 0.25) is 0 Å². The van der Waals surface area contributed by atoms with Gasteiger partial charge in [-0.3, -0.25) is 4.98 Å². The second-order valence-electron chi connectivity index (χ2n) is 5.30. The molecular formula is C18H23FN2. The lowest BCUT2D eigenvalue weighted by atomic mass is 10.0. The fourth-order valence-electron chi connectivity index (χ4n) is 2.49. The first kappa shape index (κ1) is 15.6. The molecule has 0 aliphatic rings. The molecule has 3 heteroatoms. The smallest absolute Gasteiger partial charge is 0.123 e. The van der Waals surface area contributed by atoms with Crippen molar-refractivity contribution < 1.29 is 4.39 Å². The lowest BCUT2D eigenvalue weighted by Gasteiger charge is -2.18. The quantitative estimate of drug-likeness (QED) is 0.842. The summed E-state index contributed by atoms with van der Waals surface area (Å²) in [4.78, 5) is 4.52. The SMILES string of the molecule is CCNC(Cc1cccc(F)c1)Cc1ccc(CC)cn1. The summed E-state index contributed by atoms with van der Waals surface area (Å²) in [5, 5.41) is 3.47. The summed E-state index contributed by atoms with van der Waals surface area (Å²) in [6.45, 7) is 5.11. The van der Waals surface area contributed by atoms with E-state index in [1.165, 1.54) is 11.6 Å². The highest BCUT2D eigenvalue weighted by atomic mass is 19.1. The first-order valence-corrected chi connectivity index (χ1v) is 7.63. The maximum atomic E-state index is 13.3. The van der Waals surface area contributed by atoms with Gasteiger partial charge in [0.2, 0.25) is 0 Å². The minimum absolute atomic E-state index is 0.173. The molecule has 0 amide bonds. The van der Waals surface area contributed by atoms with Gasteiger partial charge in [0, 0.05) is 24.4 Å². The maximum Gasteiger partial charge on any atom is 0.123 e. The van der Waals surface area contributed by atoms with E-state index in [4.69, 9.17) is 0 Å². The Morgan fingerprint density at radius 3 is 2.57 bits per heavy atom. The van der Waals surface area contributed by atoms with E-state index < -0.39 is 0 Å². The Labute approximate surface area is 126 Å². The van der Waals surface area contributed by atoms with E-state index in [2.05, 4.69) is 36.3 Å². The fourth-order valence-corrected chi connectivity index (χ4v) is 2.49. The molecule has 0 spiro atoms. The van der Waals surface area contributed by atoms with E-state index in [-0.39, 0.29) is 11.9 Å². The highest BCUT2D eigenvalue weighted by Gasteiger charge is 2.11. The molecule has 2 nitrogen and oxygen atoms in total. The normalized spacial score (nSPS) is 12.3. The van der Waals surface area contributed by atoms with Crippen molar-refractivity contribution in [2.45, 2.75) is 39.2 Å². The third-order valence-electron chi connectivity index (χ3n) is 3.61. The zero-order chi connectivity index (χ0) is 15.1. The second kappa shape index (κ2) is 7.89. The van der Waals surface area contributed by atoms with E-state index in [0.29, 0.717) is 0 Å². The van der Waals surface area contributed by atoms with Crippen LogP contribution in [-0.2, 0) is 19.3 Å². The third-order valence-corrected chi connectivity index (χ3v) is 3.61. The first-order chi connectivity index (χ1) is 10.2. The number of likely N-dealkylation sites (N-methyl/N-ethyl adjacent to an activating group) is 1. The molecule has 0 fully saturated rings. The minimum atomic E-state index is -0.173. The van der Waals surface area contributed by atoms with Gasteiger partial charge in [0.25, 0.3) is 0 Å². The lowest BCUT2D eigenvalue weighted by Crippen LogP contribution is -2.33. The molecule has 1 atom stereocenters. The van der Waals surface area contributed by atoms with Crippen LogP contribution in [0, 0.1) is 5.82 Å². The van der Waals surface area contributed by atoms with Crippen molar-refractivity contribution in [3.63, 3.8) is 0 Å². The molecule has 112 valence electrons. The topological polar surface area (TPSA) is 24.9 Å². The maximum absolute atomic E-state index is 13.3. The van der Waals surface area contributed by atoms with Crippen molar-refractivity contribution in [3.05, 3.63) is 65.2 Å². The predicted molar refractivity (Wildman–Crippen MR) is 84.9 cm³/mol. The van der Waals surface area contributed by atoms with Gasteiger partial charge in [0.1, 0.15) is 5.82 Å². The van der Waals surface area contributed by atoms with E-state index in [9.17, 15) is 4.39 Å². The van der Waals surface area contributed by atoms with Gasteiger partial charge in [-0.25, -0.2) is 4.39 Å². The molecule has 1 heterocycles. The van der Waals surface area contributed by atoms with Gasteiger partial charge in [0.05, 0.1) is 0 Å². The van der Waals surface area contributed by atoms with Crippen LogP contribution in [0.3, 0.4) is 0 Å². The zero-order valence-corrected chi connectivity index (χ0v) is 12.8. The van der Waals surface area contributed by atoms with Gasteiger partial charge < -0.3 is 5.32 Å². The summed E-state index contributed by atoms with van der Waals surface area (Å²) in [5.74, 6) is -0.173. The summed E-state index contributed by atoms with van der Waals surface area (Å²) in [5.41, 5.74) is 3.35. The van der Waals surface area contributed by atoms with Crippen molar-refractivity contribution in [1.29, 1.82) is 0 Å². The number of hydrogen-bond acceptors (Lipinski definition) is 2. The number of halogens is 1. The molecule has 2 rings (SSSR count). The summed E-state index contributed by atoms with van der Waals surface area (Å²) in [6, 6.07) is 11.3. The summed E-state index contributed by atoms with van der Waals surface area (Å²) in [6.07, 6.45) is 4.62. The molecule has 0 aliphatic carbocycles. The van der Waals surface area contributed by atoms with Gasteiger partial charge in [-0.2, -0.15) is 0 Å². The van der Waals surface area contributed by atoms with Gasteiger partial charge in [-0.1, -0.05) is 32.0 Å². The molecule has 1 aromatic heterocycles. The Kier molecular flexibility index (Phi) is 5.88. The number of pyridine rings is 1. The molecule has 0 radical (unpaired) electrons. The number of nitrogens with zero attached hydrogens (tertiary/aromatic N) is 1. The van der Waals surface area contributed by atoms with E-state index in [0.717, 1.165) is 37.1 Å².